The minimum Gasteiger partial charge on any atom is -0.493 e. The fraction of sp³-hybridized carbons (Fsp3) is 0.281. The van der Waals surface area contributed by atoms with Crippen molar-refractivity contribution in [2.45, 2.75) is 25.4 Å². The zero-order valence-electron chi connectivity index (χ0n) is 23.6. The molecule has 0 radical (unpaired) electrons. The summed E-state index contributed by atoms with van der Waals surface area (Å²) >= 11 is 6.10. The van der Waals surface area contributed by atoms with Crippen molar-refractivity contribution in [2.75, 3.05) is 39.2 Å². The summed E-state index contributed by atoms with van der Waals surface area (Å²) in [7, 11) is 3.13. The Balaban J connectivity index is 1.42. The fourth-order valence-electron chi connectivity index (χ4n) is 4.91. The molecule has 0 bridgehead atoms. The molecule has 10 heteroatoms. The summed E-state index contributed by atoms with van der Waals surface area (Å²) < 4.78 is 18.4. The van der Waals surface area contributed by atoms with Crippen LogP contribution >= 0.6 is 11.6 Å². The Morgan fingerprint density at radius 1 is 1.05 bits per heavy atom. The SMILES string of the molecule is COc1ccc(-n2cc(-c3ccc(Cl)cc3)nc2NC(=O)CN(C[C@@H]2CCCO2)C(=O)Cc2ccccc2)cc1OC. The van der Waals surface area contributed by atoms with E-state index in [-0.39, 0.29) is 30.9 Å². The summed E-state index contributed by atoms with van der Waals surface area (Å²) in [5.74, 6) is 0.890. The summed E-state index contributed by atoms with van der Waals surface area (Å²) in [6, 6.07) is 22.2. The van der Waals surface area contributed by atoms with Gasteiger partial charge in [-0.2, -0.15) is 0 Å². The van der Waals surface area contributed by atoms with E-state index in [1.54, 1.807) is 48.0 Å². The Morgan fingerprint density at radius 3 is 2.50 bits per heavy atom. The number of hydrogen-bond acceptors (Lipinski definition) is 6. The minimum absolute atomic E-state index is 0.0946. The Hall–Kier alpha value is -4.34. The van der Waals surface area contributed by atoms with Crippen molar-refractivity contribution in [1.82, 2.24) is 14.5 Å². The second kappa shape index (κ2) is 13.5. The van der Waals surface area contributed by atoms with Gasteiger partial charge < -0.3 is 19.1 Å². The third-order valence-electron chi connectivity index (χ3n) is 7.08. The van der Waals surface area contributed by atoms with Crippen LogP contribution in [0, 0.1) is 0 Å². The van der Waals surface area contributed by atoms with Crippen molar-refractivity contribution >= 4 is 29.4 Å². The van der Waals surface area contributed by atoms with E-state index < -0.39 is 0 Å². The summed E-state index contributed by atoms with van der Waals surface area (Å²) in [5, 5.41) is 3.54. The third-order valence-corrected chi connectivity index (χ3v) is 7.33. The molecule has 1 atom stereocenters. The van der Waals surface area contributed by atoms with Gasteiger partial charge in [0.05, 0.1) is 38.1 Å². The second-order valence-corrected chi connectivity index (χ2v) is 10.4. The van der Waals surface area contributed by atoms with Crippen LogP contribution in [0.1, 0.15) is 18.4 Å². The zero-order chi connectivity index (χ0) is 29.5. The predicted octanol–water partition coefficient (Wildman–Crippen LogP) is 5.40. The molecule has 2 amide bonds. The normalized spacial score (nSPS) is 14.4. The molecule has 1 N–H and O–H groups in total. The highest BCUT2D eigenvalue weighted by Gasteiger charge is 2.25. The highest BCUT2D eigenvalue weighted by molar-refractivity contribution is 6.30. The van der Waals surface area contributed by atoms with Crippen LogP contribution in [0.3, 0.4) is 0 Å². The van der Waals surface area contributed by atoms with Crippen LogP contribution in [-0.2, 0) is 20.7 Å². The van der Waals surface area contributed by atoms with Gasteiger partial charge in [0.2, 0.25) is 17.8 Å². The summed E-state index contributed by atoms with van der Waals surface area (Å²) in [5.41, 5.74) is 3.05. The first kappa shape index (κ1) is 29.2. The van der Waals surface area contributed by atoms with Gasteiger partial charge in [0.1, 0.15) is 6.54 Å². The molecular formula is C32H33ClN4O5. The first-order chi connectivity index (χ1) is 20.4. The number of aromatic nitrogens is 2. The minimum atomic E-state index is -0.371. The molecule has 42 heavy (non-hydrogen) atoms. The van der Waals surface area contributed by atoms with Gasteiger partial charge >= 0.3 is 0 Å². The summed E-state index contributed by atoms with van der Waals surface area (Å²) in [6.45, 7) is 0.869. The van der Waals surface area contributed by atoms with Crippen LogP contribution in [0.5, 0.6) is 11.5 Å². The third kappa shape index (κ3) is 7.10. The number of halogens is 1. The number of methoxy groups -OCH3 is 2. The van der Waals surface area contributed by atoms with Crippen LogP contribution in [-0.4, -0.2) is 66.3 Å². The van der Waals surface area contributed by atoms with Crippen molar-refractivity contribution in [3.05, 3.63) is 89.6 Å². The number of carbonyl (C=O) groups excluding carboxylic acids is 2. The van der Waals surface area contributed by atoms with Crippen molar-refractivity contribution < 1.29 is 23.8 Å². The van der Waals surface area contributed by atoms with Crippen LogP contribution in [0.2, 0.25) is 5.02 Å². The first-order valence-corrected chi connectivity index (χ1v) is 14.1. The Morgan fingerprint density at radius 2 is 1.81 bits per heavy atom. The van der Waals surface area contributed by atoms with Crippen molar-refractivity contribution in [3.8, 4) is 28.4 Å². The van der Waals surface area contributed by atoms with E-state index in [1.807, 2.05) is 54.7 Å². The van der Waals surface area contributed by atoms with Gasteiger partial charge in [-0.05, 0) is 42.7 Å². The molecule has 0 unspecified atom stereocenters. The van der Waals surface area contributed by atoms with E-state index in [0.29, 0.717) is 47.0 Å². The standard InChI is InChI=1S/C32H33ClN4O5/c1-40-28-15-14-25(18-29(28)41-2)37-20-27(23-10-12-24(33)13-11-23)34-32(37)35-30(38)21-36(19-26-9-6-16-42-26)31(39)17-22-7-4-3-5-8-22/h3-5,7-8,10-15,18,20,26H,6,9,16-17,19,21H2,1-2H3,(H,34,35,38)/t26-/m0/s1. The molecule has 218 valence electrons. The lowest BCUT2D eigenvalue weighted by molar-refractivity contribution is -0.135. The Kier molecular flexibility index (Phi) is 9.41. The number of rotatable bonds is 11. The van der Waals surface area contributed by atoms with Gasteiger partial charge in [-0.3, -0.25) is 19.5 Å². The number of nitrogens with zero attached hydrogens (tertiary/aromatic N) is 3. The Labute approximate surface area is 250 Å². The highest BCUT2D eigenvalue weighted by atomic mass is 35.5. The topological polar surface area (TPSA) is 94.9 Å². The first-order valence-electron chi connectivity index (χ1n) is 13.7. The van der Waals surface area contributed by atoms with E-state index in [0.717, 1.165) is 24.0 Å². The molecule has 1 aliphatic rings. The number of amides is 2. The van der Waals surface area contributed by atoms with Crippen LogP contribution < -0.4 is 14.8 Å². The smallest absolute Gasteiger partial charge is 0.246 e. The van der Waals surface area contributed by atoms with Crippen LogP contribution in [0.25, 0.3) is 16.9 Å². The van der Waals surface area contributed by atoms with Gasteiger partial charge in [-0.25, -0.2) is 4.98 Å². The number of hydrogen-bond donors (Lipinski definition) is 1. The maximum absolute atomic E-state index is 13.5. The molecule has 1 fully saturated rings. The molecule has 9 nitrogen and oxygen atoms in total. The number of ether oxygens (including phenoxy) is 3. The number of anilines is 1. The maximum Gasteiger partial charge on any atom is 0.246 e. The molecule has 4 aromatic rings. The van der Waals surface area contributed by atoms with Gasteiger partial charge in [0.15, 0.2) is 11.5 Å². The maximum atomic E-state index is 13.5. The largest absolute Gasteiger partial charge is 0.493 e. The van der Waals surface area contributed by atoms with E-state index in [9.17, 15) is 9.59 Å². The lowest BCUT2D eigenvalue weighted by atomic mass is 10.1. The van der Waals surface area contributed by atoms with E-state index in [1.165, 1.54) is 0 Å². The van der Waals surface area contributed by atoms with Gasteiger partial charge in [0, 0.05) is 36.0 Å². The molecule has 5 rings (SSSR count). The van der Waals surface area contributed by atoms with Crippen molar-refractivity contribution in [3.63, 3.8) is 0 Å². The van der Waals surface area contributed by atoms with Gasteiger partial charge in [-0.15, -0.1) is 0 Å². The molecule has 3 aromatic carbocycles. The van der Waals surface area contributed by atoms with Crippen LogP contribution in [0.15, 0.2) is 79.0 Å². The molecule has 2 heterocycles. The van der Waals surface area contributed by atoms with Gasteiger partial charge in [-0.1, -0.05) is 54.1 Å². The lowest BCUT2D eigenvalue weighted by Gasteiger charge is -2.25. The van der Waals surface area contributed by atoms with Crippen LogP contribution in [0.4, 0.5) is 5.95 Å². The average Bonchev–Trinajstić information content (AvgIpc) is 3.67. The summed E-state index contributed by atoms with van der Waals surface area (Å²) in [6.07, 6.45) is 3.72. The van der Waals surface area contributed by atoms with Gasteiger partial charge in [0.25, 0.3) is 0 Å². The van der Waals surface area contributed by atoms with E-state index >= 15 is 0 Å². The quantitative estimate of drug-likeness (QED) is 0.252. The number of nitrogens with one attached hydrogen (secondary N) is 1. The molecule has 0 spiro atoms. The molecule has 1 aromatic heterocycles. The number of benzene rings is 3. The highest BCUT2D eigenvalue weighted by Crippen LogP contribution is 2.32. The lowest BCUT2D eigenvalue weighted by Crippen LogP contribution is -2.43. The van der Waals surface area contributed by atoms with E-state index in [4.69, 9.17) is 30.8 Å². The second-order valence-electron chi connectivity index (χ2n) is 9.99. The molecule has 1 saturated heterocycles. The molecule has 0 aliphatic carbocycles. The monoisotopic (exact) mass is 588 g/mol. The number of imidazole rings is 1. The molecular weight excluding hydrogens is 556 g/mol. The average molecular weight is 589 g/mol. The zero-order valence-corrected chi connectivity index (χ0v) is 24.3. The van der Waals surface area contributed by atoms with E-state index in [2.05, 4.69) is 5.32 Å². The number of carbonyl (C=O) groups is 2. The Bertz CT molecular complexity index is 1520. The molecule has 0 saturated carbocycles. The predicted molar refractivity (Wildman–Crippen MR) is 161 cm³/mol. The molecule has 1 aliphatic heterocycles. The fourth-order valence-corrected chi connectivity index (χ4v) is 5.03. The van der Waals surface area contributed by atoms with Crippen molar-refractivity contribution in [1.29, 1.82) is 0 Å². The van der Waals surface area contributed by atoms with Crippen molar-refractivity contribution in [2.24, 2.45) is 0 Å². The summed E-state index contributed by atoms with van der Waals surface area (Å²) in [4.78, 5) is 33.2.